The number of aliphatic hydroxyl groups excluding tert-OH is 2. The monoisotopic (exact) mass is 352 g/mol. The molecule has 134 valence electrons. The molecule has 1 aliphatic rings. The van der Waals surface area contributed by atoms with Crippen molar-refractivity contribution in [3.63, 3.8) is 0 Å². The lowest BCUT2D eigenvalue weighted by atomic mass is 10.1. The highest BCUT2D eigenvalue weighted by molar-refractivity contribution is 5.05. The van der Waals surface area contributed by atoms with E-state index in [1.54, 1.807) is 0 Å². The summed E-state index contributed by atoms with van der Waals surface area (Å²) in [7, 11) is 0. The van der Waals surface area contributed by atoms with Gasteiger partial charge in [-0.2, -0.15) is 0 Å². The van der Waals surface area contributed by atoms with Crippen molar-refractivity contribution in [3.8, 4) is 0 Å². The van der Waals surface area contributed by atoms with Crippen molar-refractivity contribution >= 4 is 0 Å². The van der Waals surface area contributed by atoms with Gasteiger partial charge in [-0.1, -0.05) is 0 Å². The lowest BCUT2D eigenvalue weighted by molar-refractivity contribution is -0.0478. The summed E-state index contributed by atoms with van der Waals surface area (Å²) >= 11 is 0. The fraction of sp³-hybridized carbons (Fsp3) is 0.429. The highest BCUT2D eigenvalue weighted by atomic mass is 16.5. The van der Waals surface area contributed by atoms with Gasteiger partial charge in [-0.05, 0) is 6.92 Å². The Kier molecular flexibility index (Phi) is 4.29. The molecule has 0 aromatic carbocycles. The maximum Gasteiger partial charge on any atom is 0.330 e. The van der Waals surface area contributed by atoms with Gasteiger partial charge in [-0.15, -0.1) is 0 Å². The summed E-state index contributed by atoms with van der Waals surface area (Å²) < 4.78 is 7.55. The third kappa shape index (κ3) is 2.88. The first kappa shape index (κ1) is 17.1. The molecule has 3 rings (SSSR count). The van der Waals surface area contributed by atoms with Gasteiger partial charge in [0.2, 0.25) is 0 Å². The van der Waals surface area contributed by atoms with Crippen LogP contribution in [0.15, 0.2) is 37.6 Å². The van der Waals surface area contributed by atoms with Gasteiger partial charge in [-0.3, -0.25) is 28.7 Å². The predicted molar refractivity (Wildman–Crippen MR) is 83.4 cm³/mol. The van der Waals surface area contributed by atoms with E-state index >= 15 is 0 Å². The maximum atomic E-state index is 12.2. The molecule has 3 heterocycles. The molecule has 1 aliphatic heterocycles. The van der Waals surface area contributed by atoms with Gasteiger partial charge in [0.05, 0.1) is 6.61 Å². The van der Waals surface area contributed by atoms with Gasteiger partial charge in [0.15, 0.2) is 6.23 Å². The molecule has 1 fully saturated rings. The van der Waals surface area contributed by atoms with Crippen LogP contribution in [-0.2, 0) is 4.74 Å². The molecule has 0 aliphatic carbocycles. The number of aromatic amines is 2. The highest BCUT2D eigenvalue weighted by Crippen LogP contribution is 2.36. The Hall–Kier alpha value is -2.76. The summed E-state index contributed by atoms with van der Waals surface area (Å²) in [6.07, 6.45) is -1.18. The van der Waals surface area contributed by atoms with Crippen molar-refractivity contribution in [2.24, 2.45) is 0 Å². The molecule has 0 spiro atoms. The molecular formula is C14H16N4O7. The van der Waals surface area contributed by atoms with Crippen LogP contribution in [0, 0.1) is 6.92 Å². The first-order valence-electron chi connectivity index (χ1n) is 7.41. The van der Waals surface area contributed by atoms with Gasteiger partial charge in [0.25, 0.3) is 11.1 Å². The zero-order valence-electron chi connectivity index (χ0n) is 13.1. The topological polar surface area (TPSA) is 159 Å². The van der Waals surface area contributed by atoms with Crippen LogP contribution in [-0.4, -0.2) is 48.1 Å². The van der Waals surface area contributed by atoms with Crippen molar-refractivity contribution in [3.05, 3.63) is 65.7 Å². The number of nitrogens with zero attached hydrogens (tertiary/aromatic N) is 2. The van der Waals surface area contributed by atoms with Crippen molar-refractivity contribution in [2.45, 2.75) is 31.4 Å². The minimum atomic E-state index is -1.34. The van der Waals surface area contributed by atoms with Gasteiger partial charge >= 0.3 is 11.4 Å². The quantitative estimate of drug-likeness (QED) is 0.464. The maximum absolute atomic E-state index is 12.2. The normalized spacial score (nSPS) is 26.0. The zero-order chi connectivity index (χ0) is 18.3. The number of ether oxygens (including phenoxy) is 1. The molecule has 11 heteroatoms. The summed E-state index contributed by atoms with van der Waals surface area (Å²) in [6, 6.07) is -0.0229. The van der Waals surface area contributed by atoms with Crippen molar-refractivity contribution in [1.29, 1.82) is 0 Å². The number of hydrogen-bond donors (Lipinski definition) is 4. The average molecular weight is 352 g/mol. The molecule has 0 bridgehead atoms. The van der Waals surface area contributed by atoms with Gasteiger partial charge in [0.1, 0.15) is 18.2 Å². The summed E-state index contributed by atoms with van der Waals surface area (Å²) in [5.41, 5.74) is -2.59. The van der Waals surface area contributed by atoms with Gasteiger partial charge in [0, 0.05) is 24.0 Å². The number of aromatic nitrogens is 4. The minimum Gasteiger partial charge on any atom is -0.394 e. The Morgan fingerprint density at radius 1 is 1.16 bits per heavy atom. The van der Waals surface area contributed by atoms with Crippen LogP contribution in [0.1, 0.15) is 17.8 Å². The second-order valence-corrected chi connectivity index (χ2v) is 5.72. The second kappa shape index (κ2) is 6.27. The largest absolute Gasteiger partial charge is 0.394 e. The number of H-pyrrole nitrogens is 2. The average Bonchev–Trinajstić information content (AvgIpc) is 2.87. The number of rotatable bonds is 3. The zero-order valence-corrected chi connectivity index (χ0v) is 13.1. The summed E-state index contributed by atoms with van der Waals surface area (Å²) in [6.45, 7) is 0.922. The van der Waals surface area contributed by atoms with E-state index in [0.717, 1.165) is 21.4 Å². The van der Waals surface area contributed by atoms with Gasteiger partial charge < -0.3 is 14.9 Å². The number of aliphatic hydroxyl groups is 2. The Balaban J connectivity index is 2.18. The molecular weight excluding hydrogens is 336 g/mol. The molecule has 4 N–H and O–H groups in total. The first-order valence-corrected chi connectivity index (χ1v) is 7.41. The molecule has 0 amide bonds. The number of aryl methyl sites for hydroxylation is 1. The molecule has 1 saturated heterocycles. The van der Waals surface area contributed by atoms with E-state index in [2.05, 4.69) is 9.97 Å². The van der Waals surface area contributed by atoms with Crippen LogP contribution in [0.25, 0.3) is 0 Å². The van der Waals surface area contributed by atoms with E-state index in [4.69, 9.17) is 4.74 Å². The van der Waals surface area contributed by atoms with E-state index in [-0.39, 0.29) is 5.56 Å². The molecule has 2 aromatic heterocycles. The lowest BCUT2D eigenvalue weighted by Crippen LogP contribution is -2.42. The SMILES string of the molecule is Cc1cn([C@H]2[C@H](O)[C@@H](CO)O[C@H]2n2ccc(=O)[nH]c2=O)c(=O)[nH]c1=O. The Morgan fingerprint density at radius 3 is 2.48 bits per heavy atom. The van der Waals surface area contributed by atoms with E-state index in [9.17, 15) is 29.4 Å². The fourth-order valence-corrected chi connectivity index (χ4v) is 2.85. The van der Waals surface area contributed by atoms with Crippen LogP contribution in [0.4, 0.5) is 0 Å². The lowest BCUT2D eigenvalue weighted by Gasteiger charge is -2.23. The Labute approximate surface area is 138 Å². The van der Waals surface area contributed by atoms with E-state index < -0.39 is 53.6 Å². The molecule has 0 unspecified atom stereocenters. The third-order valence-corrected chi connectivity index (χ3v) is 4.11. The van der Waals surface area contributed by atoms with Crippen molar-refractivity contribution in [2.75, 3.05) is 6.61 Å². The molecule has 11 nitrogen and oxygen atoms in total. The summed E-state index contributed by atoms with van der Waals surface area (Å²) in [5, 5.41) is 19.8. The van der Waals surface area contributed by atoms with Crippen LogP contribution in [0.5, 0.6) is 0 Å². The third-order valence-electron chi connectivity index (χ3n) is 4.11. The smallest absolute Gasteiger partial charge is 0.330 e. The number of hydrogen-bond acceptors (Lipinski definition) is 7. The number of nitrogens with one attached hydrogen (secondary N) is 2. The first-order chi connectivity index (χ1) is 11.8. The minimum absolute atomic E-state index is 0.215. The Morgan fingerprint density at radius 2 is 1.84 bits per heavy atom. The van der Waals surface area contributed by atoms with Gasteiger partial charge in [-0.25, -0.2) is 9.59 Å². The molecule has 0 saturated carbocycles. The van der Waals surface area contributed by atoms with Crippen LogP contribution < -0.4 is 22.5 Å². The second-order valence-electron chi connectivity index (χ2n) is 5.72. The standard InChI is InChI=1S/C14H16N4O7/c1-6-4-18(14(24)16-11(6)22)9-10(21)7(5-19)25-12(9)17-3-2-8(20)15-13(17)23/h2-4,7,9-10,12,19,21H,5H2,1H3,(H,15,20,23)(H,16,22,24)/t7-,9+,10-,12-/m1/s1. The van der Waals surface area contributed by atoms with Crippen molar-refractivity contribution < 1.29 is 14.9 Å². The van der Waals surface area contributed by atoms with E-state index in [1.807, 2.05) is 0 Å². The highest BCUT2D eigenvalue weighted by Gasteiger charge is 2.46. The Bertz CT molecular complexity index is 1020. The van der Waals surface area contributed by atoms with Crippen molar-refractivity contribution in [1.82, 2.24) is 19.1 Å². The molecule has 0 radical (unpaired) electrons. The fourth-order valence-electron chi connectivity index (χ4n) is 2.85. The molecule has 25 heavy (non-hydrogen) atoms. The summed E-state index contributed by atoms with van der Waals surface area (Å²) in [4.78, 5) is 51.2. The van der Waals surface area contributed by atoms with Crippen LogP contribution >= 0.6 is 0 Å². The molecule has 4 atom stereocenters. The van der Waals surface area contributed by atoms with E-state index in [1.165, 1.54) is 13.1 Å². The van der Waals surface area contributed by atoms with E-state index in [0.29, 0.717) is 0 Å². The predicted octanol–water partition coefficient (Wildman–Crippen LogP) is -2.81. The molecule has 2 aromatic rings. The van der Waals surface area contributed by atoms with Crippen LogP contribution in [0.3, 0.4) is 0 Å². The van der Waals surface area contributed by atoms with Crippen LogP contribution in [0.2, 0.25) is 0 Å². The summed E-state index contributed by atoms with van der Waals surface area (Å²) in [5.74, 6) is 0.